The van der Waals surface area contributed by atoms with Crippen molar-refractivity contribution in [1.29, 1.82) is 0 Å². The van der Waals surface area contributed by atoms with Crippen molar-refractivity contribution in [2.45, 2.75) is 44.9 Å². The molecule has 0 aliphatic heterocycles. The number of fused-ring (bicyclic) bond motifs is 1. The van der Waals surface area contributed by atoms with Gasteiger partial charge in [-0.2, -0.15) is 0 Å². The predicted molar refractivity (Wildman–Crippen MR) is 89.6 cm³/mol. The molecule has 0 radical (unpaired) electrons. The molecule has 0 heterocycles. The Hall–Kier alpha value is -1.41. The number of aromatic hydroxyl groups is 1. The largest absolute Gasteiger partial charge is 0.508 e. The average Bonchev–Trinajstić information content (AvgIpc) is 2.48. The Bertz CT molecular complexity index is 595. The van der Waals surface area contributed by atoms with E-state index in [0.29, 0.717) is 11.1 Å². The van der Waals surface area contributed by atoms with Gasteiger partial charge in [0.25, 0.3) is 0 Å². The minimum atomic E-state index is 0.292. The second-order valence-electron chi connectivity index (χ2n) is 5.44. The topological polar surface area (TPSA) is 29.5 Å². The number of phenols is 1. The van der Waals surface area contributed by atoms with E-state index in [1.807, 2.05) is 18.2 Å². The molecule has 2 rings (SSSR count). The monoisotopic (exact) mass is 306 g/mol. The number of halogens is 1. The van der Waals surface area contributed by atoms with Crippen LogP contribution in [0.4, 0.5) is 0 Å². The van der Waals surface area contributed by atoms with Crippen LogP contribution in [0.5, 0.6) is 11.5 Å². The van der Waals surface area contributed by atoms with Crippen molar-refractivity contribution < 1.29 is 9.84 Å². The van der Waals surface area contributed by atoms with Gasteiger partial charge in [-0.05, 0) is 67.1 Å². The van der Waals surface area contributed by atoms with Crippen LogP contribution in [0.15, 0.2) is 30.3 Å². The SMILES string of the molecule is CCC(Cl)CCCCOc1ccc2cc(O)ccc2c1C. The number of hydrogen-bond donors (Lipinski definition) is 1. The molecule has 2 aromatic rings. The highest BCUT2D eigenvalue weighted by atomic mass is 35.5. The van der Waals surface area contributed by atoms with Crippen molar-refractivity contribution in [3.8, 4) is 11.5 Å². The van der Waals surface area contributed by atoms with Gasteiger partial charge in [0.05, 0.1) is 6.61 Å². The van der Waals surface area contributed by atoms with E-state index in [1.54, 1.807) is 12.1 Å². The van der Waals surface area contributed by atoms with Crippen LogP contribution in [0.25, 0.3) is 10.8 Å². The zero-order chi connectivity index (χ0) is 15.2. The number of alkyl halides is 1. The van der Waals surface area contributed by atoms with Gasteiger partial charge in [0.1, 0.15) is 11.5 Å². The van der Waals surface area contributed by atoms with E-state index in [2.05, 4.69) is 13.8 Å². The van der Waals surface area contributed by atoms with Gasteiger partial charge in [0.2, 0.25) is 0 Å². The number of ether oxygens (including phenoxy) is 1. The Morgan fingerprint density at radius 2 is 2.00 bits per heavy atom. The van der Waals surface area contributed by atoms with Crippen LogP contribution in [0, 0.1) is 6.92 Å². The lowest BCUT2D eigenvalue weighted by Crippen LogP contribution is -2.01. The van der Waals surface area contributed by atoms with Gasteiger partial charge >= 0.3 is 0 Å². The molecule has 21 heavy (non-hydrogen) atoms. The van der Waals surface area contributed by atoms with Gasteiger partial charge in [0.15, 0.2) is 0 Å². The minimum Gasteiger partial charge on any atom is -0.508 e. The standard InChI is InChI=1S/C18H23ClO2/c1-3-15(19)6-4-5-11-21-18-10-7-14-12-16(20)8-9-17(14)13(18)2/h7-10,12,15,20H,3-6,11H2,1-2H3. The summed E-state index contributed by atoms with van der Waals surface area (Å²) in [5.74, 6) is 1.22. The molecule has 0 saturated heterocycles. The first-order valence-electron chi connectivity index (χ1n) is 7.61. The third-order valence-corrected chi connectivity index (χ3v) is 4.36. The van der Waals surface area contributed by atoms with Crippen molar-refractivity contribution in [2.75, 3.05) is 6.61 Å². The molecule has 0 spiro atoms. The van der Waals surface area contributed by atoms with Gasteiger partial charge in [-0.25, -0.2) is 0 Å². The van der Waals surface area contributed by atoms with Crippen molar-refractivity contribution in [3.05, 3.63) is 35.9 Å². The van der Waals surface area contributed by atoms with Gasteiger partial charge in [-0.15, -0.1) is 11.6 Å². The van der Waals surface area contributed by atoms with Crippen LogP contribution >= 0.6 is 11.6 Å². The van der Waals surface area contributed by atoms with E-state index in [-0.39, 0.29) is 0 Å². The number of unbranched alkanes of at least 4 members (excludes halogenated alkanes) is 1. The van der Waals surface area contributed by atoms with E-state index in [1.165, 1.54) is 0 Å². The van der Waals surface area contributed by atoms with Crippen molar-refractivity contribution in [3.63, 3.8) is 0 Å². The van der Waals surface area contributed by atoms with Gasteiger partial charge in [0, 0.05) is 5.38 Å². The molecule has 0 amide bonds. The fourth-order valence-corrected chi connectivity index (χ4v) is 2.62. The molecule has 1 atom stereocenters. The van der Waals surface area contributed by atoms with E-state index in [4.69, 9.17) is 16.3 Å². The summed E-state index contributed by atoms with van der Waals surface area (Å²) in [7, 11) is 0. The van der Waals surface area contributed by atoms with Gasteiger partial charge < -0.3 is 9.84 Å². The maximum Gasteiger partial charge on any atom is 0.122 e. The maximum atomic E-state index is 9.51. The van der Waals surface area contributed by atoms with Crippen LogP contribution in [-0.2, 0) is 0 Å². The second-order valence-corrected chi connectivity index (χ2v) is 6.06. The van der Waals surface area contributed by atoms with Crippen LogP contribution < -0.4 is 4.74 Å². The van der Waals surface area contributed by atoms with E-state index in [0.717, 1.165) is 54.4 Å². The van der Waals surface area contributed by atoms with Crippen LogP contribution in [0.2, 0.25) is 0 Å². The highest BCUT2D eigenvalue weighted by molar-refractivity contribution is 6.20. The Morgan fingerprint density at radius 3 is 2.76 bits per heavy atom. The van der Waals surface area contributed by atoms with E-state index >= 15 is 0 Å². The summed E-state index contributed by atoms with van der Waals surface area (Å²) in [6.45, 7) is 4.89. The fraction of sp³-hybridized carbons (Fsp3) is 0.444. The van der Waals surface area contributed by atoms with Gasteiger partial charge in [-0.1, -0.05) is 19.1 Å². The van der Waals surface area contributed by atoms with Crippen molar-refractivity contribution >= 4 is 22.4 Å². The number of hydrogen-bond acceptors (Lipinski definition) is 2. The quantitative estimate of drug-likeness (QED) is 0.546. The molecule has 114 valence electrons. The Balaban J connectivity index is 1.93. The molecule has 0 fully saturated rings. The van der Waals surface area contributed by atoms with Crippen molar-refractivity contribution in [1.82, 2.24) is 0 Å². The summed E-state index contributed by atoms with van der Waals surface area (Å²) in [4.78, 5) is 0. The highest BCUT2D eigenvalue weighted by Crippen LogP contribution is 2.29. The smallest absolute Gasteiger partial charge is 0.122 e. The summed E-state index contributed by atoms with van der Waals surface area (Å²) in [6.07, 6.45) is 4.20. The normalized spacial score (nSPS) is 12.5. The Kier molecular flexibility index (Phi) is 5.75. The van der Waals surface area contributed by atoms with Crippen molar-refractivity contribution in [2.24, 2.45) is 0 Å². The molecule has 0 aromatic heterocycles. The zero-order valence-corrected chi connectivity index (χ0v) is 13.5. The number of phenolic OH excluding ortho intramolecular Hbond substituents is 1. The highest BCUT2D eigenvalue weighted by Gasteiger charge is 2.06. The lowest BCUT2D eigenvalue weighted by atomic mass is 10.0. The Morgan fingerprint density at radius 1 is 1.19 bits per heavy atom. The molecule has 0 bridgehead atoms. The molecule has 2 aromatic carbocycles. The zero-order valence-electron chi connectivity index (χ0n) is 12.7. The third kappa shape index (κ3) is 4.28. The molecule has 1 N–H and O–H groups in total. The predicted octanol–water partition coefficient (Wildman–Crippen LogP) is 5.42. The molecule has 2 nitrogen and oxygen atoms in total. The minimum absolute atomic E-state index is 0.292. The summed E-state index contributed by atoms with van der Waals surface area (Å²) in [6, 6.07) is 9.39. The van der Waals surface area contributed by atoms with E-state index in [9.17, 15) is 5.11 Å². The average molecular weight is 307 g/mol. The number of aryl methyl sites for hydroxylation is 1. The lowest BCUT2D eigenvalue weighted by molar-refractivity contribution is 0.303. The lowest BCUT2D eigenvalue weighted by Gasteiger charge is -2.12. The van der Waals surface area contributed by atoms with Crippen LogP contribution in [0.1, 0.15) is 38.2 Å². The number of benzene rings is 2. The number of rotatable bonds is 7. The molecule has 1 unspecified atom stereocenters. The van der Waals surface area contributed by atoms with Crippen LogP contribution in [-0.4, -0.2) is 17.1 Å². The maximum absolute atomic E-state index is 9.51. The second kappa shape index (κ2) is 7.56. The Labute approximate surface area is 131 Å². The summed E-state index contributed by atoms with van der Waals surface area (Å²) < 4.78 is 5.88. The molecule has 0 saturated carbocycles. The third-order valence-electron chi connectivity index (χ3n) is 3.84. The van der Waals surface area contributed by atoms with Crippen LogP contribution in [0.3, 0.4) is 0 Å². The molecule has 0 aliphatic rings. The molecular formula is C18H23ClO2. The first-order chi connectivity index (χ1) is 10.1. The molecule has 0 aliphatic carbocycles. The molecule has 3 heteroatoms. The first-order valence-corrected chi connectivity index (χ1v) is 8.04. The molecular weight excluding hydrogens is 284 g/mol. The van der Waals surface area contributed by atoms with E-state index < -0.39 is 0 Å². The summed E-state index contributed by atoms with van der Waals surface area (Å²) in [5, 5.41) is 12.0. The first kappa shape index (κ1) is 16.0. The fourth-order valence-electron chi connectivity index (χ4n) is 2.46. The van der Waals surface area contributed by atoms with Gasteiger partial charge in [-0.3, -0.25) is 0 Å². The summed E-state index contributed by atoms with van der Waals surface area (Å²) >= 11 is 6.10. The summed E-state index contributed by atoms with van der Waals surface area (Å²) in [5.41, 5.74) is 1.12.